The van der Waals surface area contributed by atoms with Crippen molar-refractivity contribution in [1.82, 2.24) is 0 Å². The summed E-state index contributed by atoms with van der Waals surface area (Å²) in [4.78, 5) is -0.346. The Morgan fingerprint density at radius 3 is 2.62 bits per heavy atom. The molecular formula is C12H11Cl3N2NaO3+. The fourth-order valence-corrected chi connectivity index (χ4v) is 2.33. The third-order valence-electron chi connectivity index (χ3n) is 2.82. The maximum Gasteiger partial charge on any atom is 1.00 e. The number of nitrogens with one attached hydrogen (secondary N) is 1. The van der Waals surface area contributed by atoms with Gasteiger partial charge in [0, 0.05) is 16.2 Å². The molecule has 0 amide bonds. The van der Waals surface area contributed by atoms with E-state index in [4.69, 9.17) is 39.5 Å². The first-order chi connectivity index (χ1) is 9.45. The standard InChI is InChI=1S/C12H11Cl3N2O3.Na/c1-2-20-6-3-4-8-7(5-6)10(16-8)11(17(18)19)9(13)12(14)15;/h3-5,10,16H,2H2,1H3,(H,18,19);/q;+1. The van der Waals surface area contributed by atoms with Crippen LogP contribution in [0.3, 0.4) is 0 Å². The average molecular weight is 361 g/mol. The van der Waals surface area contributed by atoms with Gasteiger partial charge in [-0.15, -0.1) is 0 Å². The molecule has 0 fully saturated rings. The van der Waals surface area contributed by atoms with Crippen LogP contribution in [0.5, 0.6) is 5.75 Å². The molecule has 1 heterocycles. The molecule has 2 N–H and O–H groups in total. The van der Waals surface area contributed by atoms with Gasteiger partial charge < -0.3 is 15.3 Å². The quantitative estimate of drug-likeness (QED) is 0.274. The summed E-state index contributed by atoms with van der Waals surface area (Å²) in [5, 5.41) is 23.2. The number of benzene rings is 1. The van der Waals surface area contributed by atoms with E-state index in [1.807, 2.05) is 6.92 Å². The molecule has 0 spiro atoms. The molecule has 1 unspecified atom stereocenters. The fraction of sp³-hybridized carbons (Fsp3) is 0.250. The van der Waals surface area contributed by atoms with Crippen molar-refractivity contribution in [3.8, 4) is 5.75 Å². The molecule has 9 heteroatoms. The molecule has 2 rings (SSSR count). The summed E-state index contributed by atoms with van der Waals surface area (Å²) in [6.07, 6.45) is 0. The molecule has 0 saturated heterocycles. The minimum Gasteiger partial charge on any atom is -0.494 e. The largest absolute Gasteiger partial charge is 1.00 e. The van der Waals surface area contributed by atoms with Gasteiger partial charge in [0.15, 0.2) is 0 Å². The number of rotatable bonds is 4. The molecule has 0 aromatic heterocycles. The van der Waals surface area contributed by atoms with E-state index in [-0.39, 0.29) is 49.7 Å². The number of fused-ring (bicyclic) bond motifs is 1. The third kappa shape index (κ3) is 3.92. The first kappa shape index (κ1) is 18.7. The minimum atomic E-state index is -0.604. The Balaban J connectivity index is 0.00000220. The van der Waals surface area contributed by atoms with Gasteiger partial charge in [0.05, 0.1) is 6.61 Å². The number of nitrogens with zero attached hydrogens (tertiary/aromatic N) is 1. The van der Waals surface area contributed by atoms with E-state index in [0.29, 0.717) is 12.4 Å². The summed E-state index contributed by atoms with van der Waals surface area (Å²) < 4.78 is 5.09. The summed E-state index contributed by atoms with van der Waals surface area (Å²) in [6.45, 7) is 2.39. The number of ether oxygens (including phenoxy) is 1. The summed E-state index contributed by atoms with van der Waals surface area (Å²) in [6, 6.07) is 4.76. The van der Waals surface area contributed by atoms with Crippen molar-refractivity contribution in [3.63, 3.8) is 0 Å². The maximum absolute atomic E-state index is 11.3. The normalized spacial score (nSPS) is 16.5. The van der Waals surface area contributed by atoms with Crippen LogP contribution in [0.1, 0.15) is 18.5 Å². The Morgan fingerprint density at radius 2 is 2.10 bits per heavy atom. The Hall–Kier alpha value is -0.300. The van der Waals surface area contributed by atoms with Crippen molar-refractivity contribution in [2.75, 3.05) is 11.9 Å². The molecule has 1 aliphatic rings. The van der Waals surface area contributed by atoms with Crippen LogP contribution >= 0.6 is 34.8 Å². The molecule has 0 aliphatic carbocycles. The topological polar surface area (TPSA) is 67.6 Å². The SMILES string of the molecule is CCOc1ccc2c(c1)C(/C(C(Cl)=C(Cl)Cl)=[N+](/[O-])O)N2.[Na+]. The zero-order valence-corrected chi connectivity index (χ0v) is 15.6. The number of hydrogen-bond acceptors (Lipinski definition) is 4. The second kappa shape index (κ2) is 7.81. The van der Waals surface area contributed by atoms with Crippen LogP contribution in [0.15, 0.2) is 27.7 Å². The molecule has 1 atom stereocenters. The minimum absolute atomic E-state index is 0. The van der Waals surface area contributed by atoms with E-state index in [2.05, 4.69) is 5.32 Å². The Kier molecular flexibility index (Phi) is 6.97. The van der Waals surface area contributed by atoms with E-state index in [0.717, 1.165) is 11.3 Å². The van der Waals surface area contributed by atoms with Gasteiger partial charge in [-0.2, -0.15) is 0 Å². The first-order valence-electron chi connectivity index (χ1n) is 5.73. The zero-order chi connectivity index (χ0) is 14.9. The number of anilines is 1. The van der Waals surface area contributed by atoms with Gasteiger partial charge in [0.25, 0.3) is 5.71 Å². The van der Waals surface area contributed by atoms with Gasteiger partial charge in [-0.3, -0.25) is 5.21 Å². The number of hydrogen-bond donors (Lipinski definition) is 2. The van der Waals surface area contributed by atoms with Crippen LogP contribution in [-0.4, -0.2) is 22.4 Å². The van der Waals surface area contributed by atoms with Crippen LogP contribution in [0.25, 0.3) is 0 Å². The van der Waals surface area contributed by atoms with Crippen LogP contribution in [0.2, 0.25) is 0 Å². The van der Waals surface area contributed by atoms with Gasteiger partial charge in [-0.1, -0.05) is 34.8 Å². The molecular weight excluding hydrogens is 349 g/mol. The number of halogens is 3. The van der Waals surface area contributed by atoms with Gasteiger partial charge >= 0.3 is 29.6 Å². The Labute approximate surface area is 159 Å². The smallest absolute Gasteiger partial charge is 0.494 e. The average Bonchev–Trinajstić information content (AvgIpc) is 2.36. The molecule has 108 valence electrons. The van der Waals surface area contributed by atoms with Crippen molar-refractivity contribution < 1.29 is 44.4 Å². The monoisotopic (exact) mass is 359 g/mol. The van der Waals surface area contributed by atoms with E-state index >= 15 is 0 Å². The van der Waals surface area contributed by atoms with E-state index in [1.54, 1.807) is 18.2 Å². The van der Waals surface area contributed by atoms with Crippen LogP contribution < -0.4 is 39.6 Å². The molecule has 1 aliphatic heterocycles. The van der Waals surface area contributed by atoms with E-state index < -0.39 is 6.04 Å². The first-order valence-corrected chi connectivity index (χ1v) is 6.86. The maximum atomic E-state index is 11.3. The summed E-state index contributed by atoms with van der Waals surface area (Å²) >= 11 is 17.0. The molecule has 0 saturated carbocycles. The van der Waals surface area contributed by atoms with Crippen molar-refractivity contribution in [3.05, 3.63) is 38.5 Å². The van der Waals surface area contributed by atoms with Gasteiger partial charge in [-0.05, 0) is 25.1 Å². The fourth-order valence-electron chi connectivity index (χ4n) is 1.96. The second-order valence-electron chi connectivity index (χ2n) is 3.99. The van der Waals surface area contributed by atoms with Crippen LogP contribution in [0, 0.1) is 5.21 Å². The van der Waals surface area contributed by atoms with Crippen molar-refractivity contribution in [2.45, 2.75) is 13.0 Å². The Bertz CT molecular complexity index is 599. The van der Waals surface area contributed by atoms with E-state index in [9.17, 15) is 10.4 Å². The summed E-state index contributed by atoms with van der Waals surface area (Å²) in [5.74, 6) is 0.657. The van der Waals surface area contributed by atoms with E-state index in [1.165, 1.54) is 0 Å². The third-order valence-corrected chi connectivity index (χ3v) is 3.77. The molecule has 1 aromatic rings. The summed E-state index contributed by atoms with van der Waals surface area (Å²) in [5.41, 5.74) is 1.40. The molecule has 5 nitrogen and oxygen atoms in total. The van der Waals surface area contributed by atoms with Gasteiger partial charge in [-0.25, -0.2) is 0 Å². The zero-order valence-electron chi connectivity index (χ0n) is 11.4. The predicted octanol–water partition coefficient (Wildman–Crippen LogP) is 0.782. The van der Waals surface area contributed by atoms with Crippen molar-refractivity contribution >= 4 is 46.2 Å². The van der Waals surface area contributed by atoms with Gasteiger partial charge in [0.1, 0.15) is 21.3 Å². The summed E-state index contributed by atoms with van der Waals surface area (Å²) in [7, 11) is 0. The van der Waals surface area contributed by atoms with Crippen molar-refractivity contribution in [2.24, 2.45) is 0 Å². The second-order valence-corrected chi connectivity index (χ2v) is 5.32. The van der Waals surface area contributed by atoms with Crippen LogP contribution in [0.4, 0.5) is 5.69 Å². The molecule has 1 aromatic carbocycles. The van der Waals surface area contributed by atoms with Gasteiger partial charge in [0.2, 0.25) is 0 Å². The predicted molar refractivity (Wildman–Crippen MR) is 79.0 cm³/mol. The van der Waals surface area contributed by atoms with Crippen LogP contribution in [-0.2, 0) is 0 Å². The molecule has 0 radical (unpaired) electrons. The van der Waals surface area contributed by atoms with Crippen molar-refractivity contribution in [1.29, 1.82) is 0 Å². The Morgan fingerprint density at radius 1 is 1.43 bits per heavy atom. The molecule has 21 heavy (non-hydrogen) atoms. The molecule has 0 bridgehead atoms.